The lowest BCUT2D eigenvalue weighted by molar-refractivity contribution is 0.0887. The SMILES string of the molecule is CC(CN(C)C1CCSC1)C(=O)c1ccccc1F. The minimum Gasteiger partial charge on any atom is -0.302 e. The summed E-state index contributed by atoms with van der Waals surface area (Å²) in [7, 11) is 2.06. The predicted octanol–water partition coefficient (Wildman–Crippen LogP) is 3.08. The number of carbonyl (C=O) groups excluding carboxylic acids is 1. The summed E-state index contributed by atoms with van der Waals surface area (Å²) in [5.41, 5.74) is 0.212. The molecule has 1 saturated heterocycles. The molecule has 2 atom stereocenters. The molecule has 0 aliphatic carbocycles. The molecule has 1 fully saturated rings. The van der Waals surface area contributed by atoms with Crippen LogP contribution in [0.1, 0.15) is 23.7 Å². The van der Waals surface area contributed by atoms with Crippen LogP contribution in [0.3, 0.4) is 0 Å². The van der Waals surface area contributed by atoms with Gasteiger partial charge >= 0.3 is 0 Å². The van der Waals surface area contributed by atoms with Gasteiger partial charge in [-0.05, 0) is 31.4 Å². The molecule has 1 aromatic carbocycles. The monoisotopic (exact) mass is 281 g/mol. The molecule has 0 aromatic heterocycles. The van der Waals surface area contributed by atoms with Crippen molar-refractivity contribution in [3.8, 4) is 0 Å². The third-order valence-corrected chi connectivity index (χ3v) is 4.82. The summed E-state index contributed by atoms with van der Waals surface area (Å²) < 4.78 is 13.6. The number of hydrogen-bond acceptors (Lipinski definition) is 3. The maximum absolute atomic E-state index is 13.6. The molecule has 1 aliphatic rings. The molecule has 0 saturated carbocycles. The maximum Gasteiger partial charge on any atom is 0.169 e. The predicted molar refractivity (Wildman–Crippen MR) is 78.3 cm³/mol. The van der Waals surface area contributed by atoms with E-state index in [1.54, 1.807) is 18.2 Å². The van der Waals surface area contributed by atoms with Gasteiger partial charge in [0.05, 0.1) is 5.56 Å². The quantitative estimate of drug-likeness (QED) is 0.774. The van der Waals surface area contributed by atoms with Gasteiger partial charge in [-0.1, -0.05) is 19.1 Å². The van der Waals surface area contributed by atoms with Gasteiger partial charge in [-0.25, -0.2) is 4.39 Å². The van der Waals surface area contributed by atoms with Crippen molar-refractivity contribution in [2.75, 3.05) is 25.1 Å². The summed E-state index contributed by atoms with van der Waals surface area (Å²) in [6.07, 6.45) is 1.18. The second-order valence-electron chi connectivity index (χ2n) is 5.20. The molecule has 1 aliphatic heterocycles. The van der Waals surface area contributed by atoms with E-state index in [0.29, 0.717) is 12.6 Å². The van der Waals surface area contributed by atoms with Crippen LogP contribution < -0.4 is 0 Å². The van der Waals surface area contributed by atoms with Crippen molar-refractivity contribution in [2.24, 2.45) is 5.92 Å². The molecule has 2 unspecified atom stereocenters. The van der Waals surface area contributed by atoms with Crippen LogP contribution in [0.5, 0.6) is 0 Å². The van der Waals surface area contributed by atoms with Gasteiger partial charge in [0.2, 0.25) is 0 Å². The zero-order valence-electron chi connectivity index (χ0n) is 11.4. The second-order valence-corrected chi connectivity index (χ2v) is 6.35. The largest absolute Gasteiger partial charge is 0.302 e. The molecule has 2 rings (SSSR count). The molecule has 0 amide bonds. The van der Waals surface area contributed by atoms with Crippen LogP contribution in [0.25, 0.3) is 0 Å². The Kier molecular flexibility index (Phi) is 4.99. The number of ketones is 1. The molecule has 0 N–H and O–H groups in total. The Hall–Kier alpha value is -0.870. The van der Waals surface area contributed by atoms with Gasteiger partial charge < -0.3 is 4.90 Å². The van der Waals surface area contributed by atoms with Crippen molar-refractivity contribution in [3.63, 3.8) is 0 Å². The molecule has 19 heavy (non-hydrogen) atoms. The van der Waals surface area contributed by atoms with E-state index in [-0.39, 0.29) is 17.3 Å². The average molecular weight is 281 g/mol. The minimum atomic E-state index is -0.418. The van der Waals surface area contributed by atoms with Crippen molar-refractivity contribution >= 4 is 17.5 Å². The molecule has 4 heteroatoms. The number of halogens is 1. The van der Waals surface area contributed by atoms with E-state index in [9.17, 15) is 9.18 Å². The number of Topliss-reactive ketones (excluding diaryl/α,β-unsaturated/α-hetero) is 1. The van der Waals surface area contributed by atoms with Gasteiger partial charge in [0.1, 0.15) is 5.82 Å². The Labute approximate surface area is 118 Å². The summed E-state index contributed by atoms with van der Waals surface area (Å²) in [6, 6.07) is 6.79. The molecule has 0 spiro atoms. The van der Waals surface area contributed by atoms with E-state index in [2.05, 4.69) is 11.9 Å². The first kappa shape index (κ1) is 14.5. The number of thioether (sulfide) groups is 1. The third-order valence-electron chi connectivity index (χ3n) is 3.68. The standard InChI is InChI=1S/C15H20FNOS/c1-11(9-17(2)12-7-8-19-10-12)15(18)13-5-3-4-6-14(13)16/h3-6,11-12H,7-10H2,1-2H3. The first-order valence-electron chi connectivity index (χ1n) is 6.66. The van der Waals surface area contributed by atoms with E-state index in [4.69, 9.17) is 0 Å². The Bertz CT molecular complexity index is 446. The molecule has 1 aromatic rings. The highest BCUT2D eigenvalue weighted by Crippen LogP contribution is 2.22. The van der Waals surface area contributed by atoms with Gasteiger partial charge in [-0.3, -0.25) is 4.79 Å². The van der Waals surface area contributed by atoms with Crippen LogP contribution in [0, 0.1) is 11.7 Å². The Morgan fingerprint density at radius 2 is 2.26 bits per heavy atom. The van der Waals surface area contributed by atoms with Crippen molar-refractivity contribution in [3.05, 3.63) is 35.6 Å². The van der Waals surface area contributed by atoms with Gasteiger partial charge in [-0.15, -0.1) is 0 Å². The zero-order chi connectivity index (χ0) is 13.8. The highest BCUT2D eigenvalue weighted by atomic mass is 32.2. The van der Waals surface area contributed by atoms with Crippen molar-refractivity contribution < 1.29 is 9.18 Å². The summed E-state index contributed by atoms with van der Waals surface area (Å²) in [5, 5.41) is 0. The number of hydrogen-bond donors (Lipinski definition) is 0. The van der Waals surface area contributed by atoms with Gasteiger partial charge in [0.15, 0.2) is 5.78 Å². The zero-order valence-corrected chi connectivity index (χ0v) is 12.3. The first-order valence-corrected chi connectivity index (χ1v) is 7.81. The lowest BCUT2D eigenvalue weighted by Gasteiger charge is -2.26. The topological polar surface area (TPSA) is 20.3 Å². The van der Waals surface area contributed by atoms with Gasteiger partial charge in [-0.2, -0.15) is 11.8 Å². The van der Waals surface area contributed by atoms with Crippen molar-refractivity contribution in [1.82, 2.24) is 4.90 Å². The summed E-state index contributed by atoms with van der Waals surface area (Å²) >= 11 is 1.96. The maximum atomic E-state index is 13.6. The molecule has 0 radical (unpaired) electrons. The molecule has 1 heterocycles. The van der Waals surface area contributed by atoms with Crippen LogP contribution in [-0.4, -0.2) is 41.8 Å². The number of rotatable bonds is 5. The molecule has 0 bridgehead atoms. The van der Waals surface area contributed by atoms with Crippen LogP contribution in [0.2, 0.25) is 0 Å². The third kappa shape index (κ3) is 3.57. The Balaban J connectivity index is 1.97. The van der Waals surface area contributed by atoms with Crippen LogP contribution in [0.4, 0.5) is 4.39 Å². The first-order chi connectivity index (χ1) is 9.09. The summed E-state index contributed by atoms with van der Waals surface area (Å²) in [6.45, 7) is 2.58. The van der Waals surface area contributed by atoms with E-state index in [1.165, 1.54) is 18.2 Å². The van der Waals surface area contributed by atoms with Crippen LogP contribution >= 0.6 is 11.8 Å². The molecular formula is C15H20FNOS. The van der Waals surface area contributed by atoms with Crippen LogP contribution in [-0.2, 0) is 0 Å². The minimum absolute atomic E-state index is 0.101. The number of nitrogens with zero attached hydrogens (tertiary/aromatic N) is 1. The van der Waals surface area contributed by atoms with Gasteiger partial charge in [0, 0.05) is 24.3 Å². The smallest absolute Gasteiger partial charge is 0.169 e. The van der Waals surface area contributed by atoms with Crippen molar-refractivity contribution in [1.29, 1.82) is 0 Å². The van der Waals surface area contributed by atoms with E-state index in [1.807, 2.05) is 18.7 Å². The highest BCUT2D eigenvalue weighted by molar-refractivity contribution is 7.99. The highest BCUT2D eigenvalue weighted by Gasteiger charge is 2.25. The fraction of sp³-hybridized carbons (Fsp3) is 0.533. The van der Waals surface area contributed by atoms with Gasteiger partial charge in [0.25, 0.3) is 0 Å². The normalized spacial score (nSPS) is 20.7. The number of benzene rings is 1. The molecule has 104 valence electrons. The number of carbonyl (C=O) groups is 1. The Morgan fingerprint density at radius 3 is 2.89 bits per heavy atom. The van der Waals surface area contributed by atoms with E-state index >= 15 is 0 Å². The van der Waals surface area contributed by atoms with E-state index in [0.717, 1.165) is 5.75 Å². The fourth-order valence-corrected chi connectivity index (χ4v) is 3.76. The Morgan fingerprint density at radius 1 is 1.53 bits per heavy atom. The molecular weight excluding hydrogens is 261 g/mol. The van der Waals surface area contributed by atoms with E-state index < -0.39 is 5.82 Å². The average Bonchev–Trinajstić information content (AvgIpc) is 2.92. The summed E-state index contributed by atoms with van der Waals surface area (Å²) in [4.78, 5) is 14.5. The summed E-state index contributed by atoms with van der Waals surface area (Å²) in [5.74, 6) is 1.64. The molecule has 2 nitrogen and oxygen atoms in total. The fourth-order valence-electron chi connectivity index (χ4n) is 2.46. The lowest BCUT2D eigenvalue weighted by Crippen LogP contribution is -2.37. The van der Waals surface area contributed by atoms with Crippen LogP contribution in [0.15, 0.2) is 24.3 Å². The van der Waals surface area contributed by atoms with Crippen molar-refractivity contribution in [2.45, 2.75) is 19.4 Å². The lowest BCUT2D eigenvalue weighted by atomic mass is 9.98. The second kappa shape index (κ2) is 6.53.